The van der Waals surface area contributed by atoms with Crippen LogP contribution in [0.5, 0.6) is 17.2 Å². The lowest BCUT2D eigenvalue weighted by molar-refractivity contribution is -0.139. The molecule has 0 spiro atoms. The number of carbonyl (C=O) groups is 2. The number of hydrogen-bond acceptors (Lipinski definition) is 7. The minimum absolute atomic E-state index is 0.196. The first-order valence-corrected chi connectivity index (χ1v) is 11.7. The number of carbonyl (C=O) groups excluding carboxylic acids is 1. The highest BCUT2D eigenvalue weighted by atomic mass is 127. The molecule has 1 heterocycles. The number of carboxylic acid groups (broad SMARTS) is 1. The van der Waals surface area contributed by atoms with Crippen molar-refractivity contribution >= 4 is 58.0 Å². The largest absolute Gasteiger partial charge is 0.495 e. The quantitative estimate of drug-likeness (QED) is 0.306. The van der Waals surface area contributed by atoms with Crippen LogP contribution in [0.3, 0.4) is 0 Å². The highest BCUT2D eigenvalue weighted by molar-refractivity contribution is 14.1. The number of hydrogen-bond donors (Lipinski definition) is 3. The topological polar surface area (TPSA) is 106 Å². The molecule has 1 amide bonds. The monoisotopic (exact) mass is 570 g/mol. The molecule has 1 saturated heterocycles. The number of nitrogens with one attached hydrogen (secondary N) is 2. The van der Waals surface area contributed by atoms with Gasteiger partial charge in [0, 0.05) is 0 Å². The Labute approximate surface area is 203 Å². The Bertz CT molecular complexity index is 1060. The Morgan fingerprint density at radius 2 is 2.06 bits per heavy atom. The molecular formula is C22H23IN2O6S. The van der Waals surface area contributed by atoms with Crippen molar-refractivity contribution in [1.29, 1.82) is 0 Å². The SMILES string of the molecule is CCOc1cc(/C=C2\SC(Nc3cc(C)ccc3OC)NC2=O)cc(I)c1OCC(=O)O. The Kier molecular flexibility index (Phi) is 8.13. The molecular weight excluding hydrogens is 547 g/mol. The fourth-order valence-corrected chi connectivity index (χ4v) is 4.76. The Morgan fingerprint density at radius 1 is 1.28 bits per heavy atom. The van der Waals surface area contributed by atoms with E-state index < -0.39 is 12.6 Å². The average molecular weight is 570 g/mol. The van der Waals surface area contributed by atoms with E-state index in [1.54, 1.807) is 19.3 Å². The minimum atomic E-state index is -1.07. The molecule has 1 atom stereocenters. The number of benzene rings is 2. The number of rotatable bonds is 9. The zero-order valence-electron chi connectivity index (χ0n) is 17.7. The molecule has 1 fully saturated rings. The van der Waals surface area contributed by atoms with Crippen molar-refractivity contribution in [2.24, 2.45) is 0 Å². The predicted octanol–water partition coefficient (Wildman–Crippen LogP) is 4.07. The Morgan fingerprint density at radius 3 is 2.75 bits per heavy atom. The van der Waals surface area contributed by atoms with Gasteiger partial charge in [-0.15, -0.1) is 0 Å². The zero-order valence-corrected chi connectivity index (χ0v) is 20.7. The summed E-state index contributed by atoms with van der Waals surface area (Å²) < 4.78 is 17.1. The average Bonchev–Trinajstić information content (AvgIpc) is 3.06. The maximum absolute atomic E-state index is 12.5. The summed E-state index contributed by atoms with van der Waals surface area (Å²) in [5.41, 5.74) is 2.25. The number of ether oxygens (including phenoxy) is 3. The van der Waals surface area contributed by atoms with Gasteiger partial charge in [0.2, 0.25) is 0 Å². The van der Waals surface area contributed by atoms with Gasteiger partial charge in [0.15, 0.2) is 23.6 Å². The summed E-state index contributed by atoms with van der Waals surface area (Å²) in [6.07, 6.45) is 1.76. The van der Waals surface area contributed by atoms with Crippen molar-refractivity contribution < 1.29 is 28.9 Å². The zero-order chi connectivity index (χ0) is 23.3. The lowest BCUT2D eigenvalue weighted by Crippen LogP contribution is -2.31. The number of carboxylic acids is 1. The van der Waals surface area contributed by atoms with Crippen LogP contribution < -0.4 is 24.8 Å². The third-order valence-corrected chi connectivity index (χ3v) is 6.17. The molecule has 1 aliphatic heterocycles. The van der Waals surface area contributed by atoms with Crippen molar-refractivity contribution in [3.63, 3.8) is 0 Å². The van der Waals surface area contributed by atoms with Crippen LogP contribution in [0.25, 0.3) is 6.08 Å². The molecule has 0 radical (unpaired) electrons. The van der Waals surface area contributed by atoms with Gasteiger partial charge < -0.3 is 30.0 Å². The lowest BCUT2D eigenvalue weighted by atomic mass is 10.2. The highest BCUT2D eigenvalue weighted by Gasteiger charge is 2.28. The summed E-state index contributed by atoms with van der Waals surface area (Å²) in [6.45, 7) is 3.73. The van der Waals surface area contributed by atoms with E-state index in [4.69, 9.17) is 19.3 Å². The van der Waals surface area contributed by atoms with Gasteiger partial charge in [0.05, 0.1) is 27.9 Å². The molecule has 2 aromatic carbocycles. The number of thioether (sulfide) groups is 1. The smallest absolute Gasteiger partial charge is 0.341 e. The fraction of sp³-hybridized carbons (Fsp3) is 0.273. The molecule has 0 aliphatic carbocycles. The van der Waals surface area contributed by atoms with Gasteiger partial charge in [0.1, 0.15) is 5.75 Å². The van der Waals surface area contributed by atoms with Gasteiger partial charge in [0.25, 0.3) is 5.91 Å². The first-order valence-electron chi connectivity index (χ1n) is 9.72. The van der Waals surface area contributed by atoms with Crippen molar-refractivity contribution in [2.45, 2.75) is 19.3 Å². The van der Waals surface area contributed by atoms with E-state index in [1.807, 2.05) is 38.1 Å². The van der Waals surface area contributed by atoms with Gasteiger partial charge in [-0.25, -0.2) is 4.79 Å². The summed E-state index contributed by atoms with van der Waals surface area (Å²) in [5.74, 6) is 0.216. The van der Waals surface area contributed by atoms with Crippen LogP contribution in [0.15, 0.2) is 35.2 Å². The van der Waals surface area contributed by atoms with Crippen molar-refractivity contribution in [2.75, 3.05) is 25.6 Å². The maximum Gasteiger partial charge on any atom is 0.341 e. The Hall–Kier alpha value is -2.60. The summed E-state index contributed by atoms with van der Waals surface area (Å²) in [5, 5.41) is 15.1. The number of halogens is 1. The molecule has 1 unspecified atom stereocenters. The highest BCUT2D eigenvalue weighted by Crippen LogP contribution is 2.37. The molecule has 8 nitrogen and oxygen atoms in total. The summed E-state index contributed by atoms with van der Waals surface area (Å²) in [7, 11) is 1.60. The standard InChI is InChI=1S/C22H23IN2O6S/c1-4-30-17-9-13(8-14(23)20(17)31-11-19(26)27)10-18-21(28)25-22(32-18)24-15-7-12(2)5-6-16(15)29-3/h5-10,22,24H,4,11H2,1-3H3,(H,25,28)(H,26,27)/b18-10-. The van der Waals surface area contributed by atoms with Crippen LogP contribution in [0, 0.1) is 10.5 Å². The minimum Gasteiger partial charge on any atom is -0.495 e. The van der Waals surface area contributed by atoms with E-state index in [0.29, 0.717) is 32.3 Å². The van der Waals surface area contributed by atoms with E-state index in [2.05, 4.69) is 33.2 Å². The molecule has 32 heavy (non-hydrogen) atoms. The normalized spacial score (nSPS) is 16.6. The van der Waals surface area contributed by atoms with Crippen molar-refractivity contribution in [3.8, 4) is 17.2 Å². The number of methoxy groups -OCH3 is 1. The van der Waals surface area contributed by atoms with Crippen LogP contribution >= 0.6 is 34.4 Å². The van der Waals surface area contributed by atoms with Gasteiger partial charge in [-0.3, -0.25) is 4.79 Å². The molecule has 3 N–H and O–H groups in total. The van der Waals surface area contributed by atoms with Crippen molar-refractivity contribution in [3.05, 3.63) is 49.9 Å². The molecule has 0 aromatic heterocycles. The second-order valence-corrected chi connectivity index (χ2v) is 9.08. The first-order chi connectivity index (χ1) is 15.3. The number of aryl methyl sites for hydroxylation is 1. The summed E-state index contributed by atoms with van der Waals surface area (Å²) >= 11 is 3.42. The number of amides is 1. The van der Waals surface area contributed by atoms with Crippen molar-refractivity contribution in [1.82, 2.24) is 5.32 Å². The molecule has 0 saturated carbocycles. The molecule has 0 bridgehead atoms. The third-order valence-electron chi connectivity index (χ3n) is 4.34. The summed E-state index contributed by atoms with van der Waals surface area (Å²) in [6, 6.07) is 9.33. The van der Waals surface area contributed by atoms with Crippen LogP contribution in [-0.2, 0) is 9.59 Å². The van der Waals surface area contributed by atoms with E-state index in [9.17, 15) is 9.59 Å². The van der Waals surface area contributed by atoms with Crippen LogP contribution in [-0.4, -0.2) is 42.8 Å². The van der Waals surface area contributed by atoms with Gasteiger partial charge in [-0.05, 0) is 77.9 Å². The van der Waals surface area contributed by atoms with Gasteiger partial charge in [-0.2, -0.15) is 0 Å². The van der Waals surface area contributed by atoms with Gasteiger partial charge >= 0.3 is 5.97 Å². The maximum atomic E-state index is 12.5. The van der Waals surface area contributed by atoms with E-state index in [1.165, 1.54) is 11.8 Å². The van der Waals surface area contributed by atoms with E-state index in [0.717, 1.165) is 16.8 Å². The second-order valence-electron chi connectivity index (χ2n) is 6.77. The van der Waals surface area contributed by atoms with Crippen LogP contribution in [0.2, 0.25) is 0 Å². The van der Waals surface area contributed by atoms with E-state index >= 15 is 0 Å². The molecule has 10 heteroatoms. The number of anilines is 1. The van der Waals surface area contributed by atoms with Gasteiger partial charge in [-0.1, -0.05) is 17.8 Å². The lowest BCUT2D eigenvalue weighted by Gasteiger charge is -2.16. The predicted molar refractivity (Wildman–Crippen MR) is 132 cm³/mol. The molecule has 2 aromatic rings. The molecule has 3 rings (SSSR count). The van der Waals surface area contributed by atoms with Crippen LogP contribution in [0.1, 0.15) is 18.1 Å². The third kappa shape index (κ3) is 6.00. The molecule has 170 valence electrons. The Balaban J connectivity index is 1.81. The second kappa shape index (κ2) is 10.8. The summed E-state index contributed by atoms with van der Waals surface area (Å²) in [4.78, 5) is 23.9. The number of aliphatic carboxylic acids is 1. The van der Waals surface area contributed by atoms with E-state index in [-0.39, 0.29) is 11.4 Å². The fourth-order valence-electron chi connectivity index (χ4n) is 3.00. The van der Waals surface area contributed by atoms with Crippen LogP contribution in [0.4, 0.5) is 5.69 Å². The first kappa shape index (κ1) is 24.1. The molecule has 1 aliphatic rings.